The third-order valence-corrected chi connectivity index (χ3v) is 4.79. The maximum Gasteiger partial charge on any atom is 0.323 e. The minimum absolute atomic E-state index is 0.00879. The van der Waals surface area contributed by atoms with Gasteiger partial charge >= 0.3 is 6.03 Å². The average Bonchev–Trinajstić information content (AvgIpc) is 2.95. The van der Waals surface area contributed by atoms with Gasteiger partial charge in [-0.15, -0.1) is 0 Å². The second kappa shape index (κ2) is 10.2. The number of amides is 2. The number of anilines is 2. The van der Waals surface area contributed by atoms with Crippen LogP contribution in [-0.2, 0) is 0 Å². The first kappa shape index (κ1) is 21.7. The molecule has 2 heterocycles. The van der Waals surface area contributed by atoms with E-state index < -0.39 is 5.82 Å². The summed E-state index contributed by atoms with van der Waals surface area (Å²) in [5, 5.41) is 2.77. The van der Waals surface area contributed by atoms with Crippen molar-refractivity contribution in [1.82, 2.24) is 24.7 Å². The highest BCUT2D eigenvalue weighted by atomic mass is 19.1. The Labute approximate surface area is 175 Å². The number of nitrogens with zero attached hydrogens (tertiary/aromatic N) is 5. The van der Waals surface area contributed by atoms with Gasteiger partial charge < -0.3 is 25.2 Å². The number of nitrogens with two attached hydrogens (primary N) is 1. The van der Waals surface area contributed by atoms with Crippen molar-refractivity contribution >= 4 is 17.5 Å². The van der Waals surface area contributed by atoms with E-state index in [9.17, 15) is 9.18 Å². The highest BCUT2D eigenvalue weighted by molar-refractivity contribution is 5.88. The van der Waals surface area contributed by atoms with Crippen molar-refractivity contribution in [1.29, 1.82) is 0 Å². The van der Waals surface area contributed by atoms with Gasteiger partial charge in [0.1, 0.15) is 12.1 Å². The van der Waals surface area contributed by atoms with Crippen molar-refractivity contribution in [2.24, 2.45) is 0 Å². The molecular formula is C20H28FN7O2. The molecule has 2 aromatic rings. The van der Waals surface area contributed by atoms with Crippen LogP contribution >= 0.6 is 0 Å². The van der Waals surface area contributed by atoms with Crippen molar-refractivity contribution in [3.8, 4) is 11.6 Å². The van der Waals surface area contributed by atoms with E-state index >= 15 is 0 Å². The molecular weight excluding hydrogens is 389 g/mol. The van der Waals surface area contributed by atoms with Crippen molar-refractivity contribution in [2.45, 2.75) is 6.42 Å². The maximum atomic E-state index is 13.9. The lowest BCUT2D eigenvalue weighted by molar-refractivity contribution is 0.209. The second-order valence-corrected chi connectivity index (χ2v) is 7.45. The molecule has 0 unspecified atom stereocenters. The Morgan fingerprint density at radius 2 is 2.07 bits per heavy atom. The van der Waals surface area contributed by atoms with Crippen LogP contribution in [0.1, 0.15) is 6.42 Å². The van der Waals surface area contributed by atoms with Crippen LogP contribution in [-0.4, -0.2) is 84.1 Å². The summed E-state index contributed by atoms with van der Waals surface area (Å²) < 4.78 is 19.4. The molecule has 1 aromatic carbocycles. The van der Waals surface area contributed by atoms with Crippen molar-refractivity contribution in [2.75, 3.05) is 64.4 Å². The molecule has 3 rings (SSSR count). The molecule has 0 spiro atoms. The Morgan fingerprint density at radius 3 is 2.83 bits per heavy atom. The Bertz CT molecular complexity index is 865. The fourth-order valence-corrected chi connectivity index (χ4v) is 3.10. The number of aromatic nitrogens is 2. The number of hydrogen-bond donors (Lipinski definition) is 2. The number of urea groups is 1. The molecule has 1 saturated heterocycles. The van der Waals surface area contributed by atoms with Gasteiger partial charge in [0.2, 0.25) is 5.88 Å². The molecule has 30 heavy (non-hydrogen) atoms. The molecule has 0 saturated carbocycles. The van der Waals surface area contributed by atoms with E-state index in [1.165, 1.54) is 30.6 Å². The third-order valence-electron chi connectivity index (χ3n) is 4.79. The molecule has 3 N–H and O–H groups in total. The Morgan fingerprint density at radius 1 is 1.23 bits per heavy atom. The largest absolute Gasteiger partial charge is 0.436 e. The van der Waals surface area contributed by atoms with Crippen molar-refractivity contribution in [3.05, 3.63) is 36.4 Å². The zero-order valence-electron chi connectivity index (χ0n) is 17.3. The lowest BCUT2D eigenvalue weighted by Crippen LogP contribution is -2.39. The lowest BCUT2D eigenvalue weighted by Gasteiger charge is -2.23. The molecule has 0 aliphatic carbocycles. The van der Waals surface area contributed by atoms with E-state index in [2.05, 4.69) is 39.2 Å². The summed E-state index contributed by atoms with van der Waals surface area (Å²) >= 11 is 0. The molecule has 1 aromatic heterocycles. The molecule has 0 bridgehead atoms. The highest BCUT2D eigenvalue weighted by Gasteiger charge is 2.19. The summed E-state index contributed by atoms with van der Waals surface area (Å²) in [7, 11) is 4.11. The Hall–Kier alpha value is -2.98. The van der Waals surface area contributed by atoms with Crippen LogP contribution in [0.4, 0.5) is 20.7 Å². The van der Waals surface area contributed by atoms with Crippen LogP contribution in [0.5, 0.6) is 11.6 Å². The first-order valence-electron chi connectivity index (χ1n) is 9.88. The molecule has 0 radical (unpaired) electrons. The van der Waals surface area contributed by atoms with E-state index in [1.807, 2.05) is 0 Å². The summed E-state index contributed by atoms with van der Waals surface area (Å²) in [5.74, 6) is -0.197. The van der Waals surface area contributed by atoms with Gasteiger partial charge in [-0.1, -0.05) is 0 Å². The Balaban J connectivity index is 1.57. The smallest absolute Gasteiger partial charge is 0.323 e. The quantitative estimate of drug-likeness (QED) is 0.694. The summed E-state index contributed by atoms with van der Waals surface area (Å²) in [6, 6.07) is 5.34. The monoisotopic (exact) mass is 417 g/mol. The topological polar surface area (TPSA) is 99.8 Å². The van der Waals surface area contributed by atoms with E-state index in [1.54, 1.807) is 4.90 Å². The summed E-state index contributed by atoms with van der Waals surface area (Å²) in [5.41, 5.74) is 5.84. The van der Waals surface area contributed by atoms with Crippen molar-refractivity contribution in [3.63, 3.8) is 0 Å². The number of hydrogen-bond acceptors (Lipinski definition) is 7. The molecule has 1 fully saturated rings. The van der Waals surface area contributed by atoms with Gasteiger partial charge in [0.25, 0.3) is 0 Å². The normalized spacial score (nSPS) is 15.1. The number of carbonyl (C=O) groups excluding carboxylic acids is 1. The number of likely N-dealkylation sites (N-methyl/N-ethyl adjacent to an activating group) is 1. The molecule has 1 aliphatic heterocycles. The van der Waals surface area contributed by atoms with Crippen LogP contribution in [0.3, 0.4) is 0 Å². The van der Waals surface area contributed by atoms with E-state index in [-0.39, 0.29) is 23.5 Å². The highest BCUT2D eigenvalue weighted by Crippen LogP contribution is 2.25. The van der Waals surface area contributed by atoms with Crippen LogP contribution < -0.4 is 15.8 Å². The zero-order chi connectivity index (χ0) is 21.5. The van der Waals surface area contributed by atoms with Gasteiger partial charge in [0.15, 0.2) is 11.6 Å². The minimum atomic E-state index is -0.595. The summed E-state index contributed by atoms with van der Waals surface area (Å²) in [6.07, 6.45) is 2.17. The summed E-state index contributed by atoms with van der Waals surface area (Å²) in [4.78, 5) is 27.0. The number of nitrogen functional groups attached to an aromatic ring is 1. The number of benzene rings is 1. The van der Waals surface area contributed by atoms with Gasteiger partial charge in [-0.25, -0.2) is 19.2 Å². The fraction of sp³-hybridized carbons (Fsp3) is 0.450. The number of rotatable bonds is 6. The molecule has 2 amide bonds. The number of nitrogens with one attached hydrogen (secondary N) is 1. The van der Waals surface area contributed by atoms with Gasteiger partial charge in [0.05, 0.1) is 0 Å². The molecule has 0 atom stereocenters. The predicted octanol–water partition coefficient (Wildman–Crippen LogP) is 2.09. The second-order valence-electron chi connectivity index (χ2n) is 7.45. The first-order valence-corrected chi connectivity index (χ1v) is 9.88. The van der Waals surface area contributed by atoms with Crippen LogP contribution in [0.15, 0.2) is 30.6 Å². The molecule has 9 nitrogen and oxygen atoms in total. The van der Waals surface area contributed by atoms with Crippen LogP contribution in [0.25, 0.3) is 0 Å². The lowest BCUT2D eigenvalue weighted by atomic mass is 10.3. The zero-order valence-corrected chi connectivity index (χ0v) is 17.3. The predicted molar refractivity (Wildman–Crippen MR) is 113 cm³/mol. The SMILES string of the molecule is CN(C)CCN1CCCN(C(=O)Nc2cc(Oc3ccc(N)cc3F)ncn2)CC1. The molecule has 162 valence electrons. The van der Waals surface area contributed by atoms with E-state index in [0.29, 0.717) is 18.8 Å². The number of carbonyl (C=O) groups is 1. The third kappa shape index (κ3) is 6.26. The first-order chi connectivity index (χ1) is 14.4. The van der Waals surface area contributed by atoms with Crippen LogP contribution in [0, 0.1) is 5.82 Å². The Kier molecular flexibility index (Phi) is 7.36. The van der Waals surface area contributed by atoms with Gasteiger partial charge in [-0.2, -0.15) is 0 Å². The van der Waals surface area contributed by atoms with Crippen LogP contribution in [0.2, 0.25) is 0 Å². The van der Waals surface area contributed by atoms with E-state index in [0.717, 1.165) is 32.6 Å². The fourth-order valence-electron chi connectivity index (χ4n) is 3.10. The van der Waals surface area contributed by atoms with Gasteiger partial charge in [-0.3, -0.25) is 5.32 Å². The summed E-state index contributed by atoms with van der Waals surface area (Å²) in [6.45, 7) is 5.09. The number of halogens is 1. The number of ether oxygens (including phenoxy) is 1. The van der Waals surface area contributed by atoms with Gasteiger partial charge in [0, 0.05) is 50.5 Å². The van der Waals surface area contributed by atoms with Gasteiger partial charge in [-0.05, 0) is 39.2 Å². The minimum Gasteiger partial charge on any atom is -0.436 e. The van der Waals surface area contributed by atoms with E-state index in [4.69, 9.17) is 10.5 Å². The standard InChI is InChI=1S/C20H28FN7O2/c1-26(2)8-9-27-6-3-7-28(11-10-27)20(29)25-18-13-19(24-14-23-18)30-17-5-4-15(22)12-16(17)21/h4-5,12-14H,3,6-11,22H2,1-2H3,(H,23,24,25,29). The maximum absolute atomic E-state index is 13.9. The van der Waals surface area contributed by atoms with Crippen molar-refractivity contribution < 1.29 is 13.9 Å². The molecule has 1 aliphatic rings. The average molecular weight is 417 g/mol. The molecule has 10 heteroatoms.